The van der Waals surface area contributed by atoms with Crippen LogP contribution in [-0.4, -0.2) is 64.8 Å². The SMILES string of the molecule is CC(Nc1ccn2ncc(-c3cc[nH]c3)c2n1)c1ccccc1OCC(F)F.CC(Nc1ccn2ncc(-c3ccn(C)c3)c2n1)c1ccccc1OCC(F)F. The Kier molecular flexibility index (Phi) is 11.7. The third kappa shape index (κ3) is 9.18. The summed E-state index contributed by atoms with van der Waals surface area (Å²) in [6, 6.07) is 21.5. The molecule has 3 N–H and O–H groups in total. The number of benzene rings is 2. The van der Waals surface area contributed by atoms with E-state index >= 15 is 0 Å². The second-order valence-corrected chi connectivity index (χ2v) is 13.2. The molecule has 6 heterocycles. The molecule has 0 radical (unpaired) electrons. The number of halogens is 4. The highest BCUT2D eigenvalue weighted by molar-refractivity contribution is 5.78. The van der Waals surface area contributed by atoms with Crippen LogP contribution in [0.1, 0.15) is 37.1 Å². The summed E-state index contributed by atoms with van der Waals surface area (Å²) in [5, 5.41) is 15.3. The van der Waals surface area contributed by atoms with Gasteiger partial charge < -0.3 is 29.7 Å². The zero-order valence-electron chi connectivity index (χ0n) is 31.2. The molecule has 0 aliphatic carbocycles. The number of aromatic nitrogens is 8. The number of aromatic amines is 1. The summed E-state index contributed by atoms with van der Waals surface area (Å²) in [6.07, 6.45) is 9.90. The van der Waals surface area contributed by atoms with Crippen LogP contribution >= 0.6 is 0 Å². The van der Waals surface area contributed by atoms with Crippen LogP contribution in [0.25, 0.3) is 33.5 Å². The van der Waals surface area contributed by atoms with Gasteiger partial charge in [0, 0.05) is 77.6 Å². The fourth-order valence-electron chi connectivity index (χ4n) is 6.30. The number of rotatable bonds is 14. The molecule has 0 spiro atoms. The highest BCUT2D eigenvalue weighted by Gasteiger charge is 2.17. The molecule has 2 aromatic carbocycles. The molecule has 0 aliphatic heterocycles. The Bertz CT molecular complexity index is 2530. The number of hydrogen-bond acceptors (Lipinski definition) is 8. The average molecular weight is 781 g/mol. The zero-order chi connectivity index (χ0) is 39.9. The van der Waals surface area contributed by atoms with Gasteiger partial charge in [-0.05, 0) is 50.2 Å². The summed E-state index contributed by atoms with van der Waals surface area (Å²) in [4.78, 5) is 12.4. The summed E-state index contributed by atoms with van der Waals surface area (Å²) in [7, 11) is 1.96. The van der Waals surface area contributed by atoms with Crippen LogP contribution in [0.5, 0.6) is 11.5 Å². The lowest BCUT2D eigenvalue weighted by atomic mass is 10.1. The Hall–Kier alpha value is -6.84. The largest absolute Gasteiger partial charge is 0.487 e. The van der Waals surface area contributed by atoms with E-state index in [0.29, 0.717) is 23.1 Å². The van der Waals surface area contributed by atoms with Gasteiger partial charge in [0.15, 0.2) is 11.3 Å². The average Bonchev–Trinajstić information content (AvgIpc) is 4.04. The second kappa shape index (κ2) is 17.3. The first-order valence-electron chi connectivity index (χ1n) is 18.1. The fraction of sp³-hybridized carbons (Fsp3) is 0.220. The Balaban J connectivity index is 0.000000174. The normalized spacial score (nSPS) is 12.4. The van der Waals surface area contributed by atoms with E-state index < -0.39 is 26.1 Å². The number of nitrogens with zero attached hydrogens (tertiary/aromatic N) is 7. The van der Waals surface area contributed by atoms with Crippen molar-refractivity contribution in [2.45, 2.75) is 38.8 Å². The van der Waals surface area contributed by atoms with Crippen LogP contribution in [0.2, 0.25) is 0 Å². The smallest absolute Gasteiger partial charge is 0.272 e. The molecule has 2 unspecified atom stereocenters. The minimum Gasteiger partial charge on any atom is -0.487 e. The van der Waals surface area contributed by atoms with Gasteiger partial charge in [-0.2, -0.15) is 10.2 Å². The number of aryl methyl sites for hydroxylation is 1. The Morgan fingerprint density at radius 3 is 1.61 bits per heavy atom. The van der Waals surface area contributed by atoms with Crippen LogP contribution in [0, 0.1) is 0 Å². The van der Waals surface area contributed by atoms with Crippen LogP contribution in [0.15, 0.2) is 122 Å². The maximum absolute atomic E-state index is 12.5. The fourth-order valence-corrected chi connectivity index (χ4v) is 6.30. The second-order valence-electron chi connectivity index (χ2n) is 13.2. The van der Waals surface area contributed by atoms with Crippen molar-refractivity contribution in [3.05, 3.63) is 133 Å². The van der Waals surface area contributed by atoms with Crippen molar-refractivity contribution in [2.24, 2.45) is 7.05 Å². The van der Waals surface area contributed by atoms with E-state index in [-0.39, 0.29) is 12.1 Å². The number of nitrogens with one attached hydrogen (secondary N) is 3. The van der Waals surface area contributed by atoms with Crippen LogP contribution < -0.4 is 20.1 Å². The van der Waals surface area contributed by atoms with Crippen LogP contribution in [0.3, 0.4) is 0 Å². The molecule has 294 valence electrons. The minimum atomic E-state index is -2.52. The Labute approximate surface area is 325 Å². The van der Waals surface area contributed by atoms with Gasteiger partial charge in [-0.3, -0.25) is 0 Å². The number of anilines is 2. The summed E-state index contributed by atoms with van der Waals surface area (Å²) in [5.74, 6) is 2.18. The molecule has 8 rings (SSSR count). The lowest BCUT2D eigenvalue weighted by Gasteiger charge is -2.19. The summed E-state index contributed by atoms with van der Waals surface area (Å²) < 4.78 is 66.0. The lowest BCUT2D eigenvalue weighted by molar-refractivity contribution is 0.0811. The van der Waals surface area contributed by atoms with Crippen molar-refractivity contribution < 1.29 is 27.0 Å². The maximum Gasteiger partial charge on any atom is 0.272 e. The van der Waals surface area contributed by atoms with E-state index in [1.807, 2.05) is 111 Å². The van der Waals surface area contributed by atoms with E-state index in [2.05, 4.69) is 30.8 Å². The van der Waals surface area contributed by atoms with Crippen LogP contribution in [-0.2, 0) is 7.05 Å². The number of alkyl halides is 4. The number of ether oxygens (including phenoxy) is 2. The number of H-pyrrole nitrogens is 1. The summed E-state index contributed by atoms with van der Waals surface area (Å²) in [6.45, 7) is 2.60. The molecule has 16 heteroatoms. The number of para-hydroxylation sites is 2. The van der Waals surface area contributed by atoms with Gasteiger partial charge in [-0.25, -0.2) is 36.6 Å². The highest BCUT2D eigenvalue weighted by Crippen LogP contribution is 2.31. The third-order valence-corrected chi connectivity index (χ3v) is 9.02. The molecule has 12 nitrogen and oxygen atoms in total. The Morgan fingerprint density at radius 1 is 0.649 bits per heavy atom. The summed E-state index contributed by atoms with van der Waals surface area (Å²) in [5.41, 5.74) is 6.90. The van der Waals surface area contributed by atoms with Crippen LogP contribution in [0.4, 0.5) is 29.2 Å². The molecule has 6 aromatic heterocycles. The first kappa shape index (κ1) is 38.4. The monoisotopic (exact) mass is 780 g/mol. The summed E-state index contributed by atoms with van der Waals surface area (Å²) >= 11 is 0. The highest BCUT2D eigenvalue weighted by atomic mass is 19.3. The number of hydrogen-bond donors (Lipinski definition) is 3. The minimum absolute atomic E-state index is 0.192. The number of fused-ring (bicyclic) bond motifs is 2. The molecule has 0 amide bonds. The van der Waals surface area contributed by atoms with E-state index in [0.717, 1.165) is 44.7 Å². The molecule has 8 aromatic rings. The standard InChI is InChI=1S/C21H21F2N5O.C20H19F2N5O/c1-14(16-5-3-4-6-18(16)29-13-19(22)23)25-20-8-10-28-21(26-20)17(11-24-28)15-7-9-27(2)12-15;1-13(15-4-2-3-5-17(15)28-12-18(21)22)25-19-7-9-27-20(26-19)16(11-24-27)14-6-8-23-10-14/h3-12,14,19H,13H2,1-2H3,(H,25,26);2-11,13,18,23H,12H2,1H3,(H,25,26). The van der Waals surface area contributed by atoms with Crippen molar-refractivity contribution in [3.63, 3.8) is 0 Å². The quantitative estimate of drug-likeness (QED) is 0.0935. The molecule has 0 aliphatic rings. The molecule has 57 heavy (non-hydrogen) atoms. The van der Waals surface area contributed by atoms with Gasteiger partial charge >= 0.3 is 0 Å². The van der Waals surface area contributed by atoms with E-state index in [9.17, 15) is 17.6 Å². The van der Waals surface area contributed by atoms with E-state index in [1.54, 1.807) is 45.7 Å². The molecule has 0 bridgehead atoms. The van der Waals surface area contributed by atoms with Crippen molar-refractivity contribution >= 4 is 22.9 Å². The van der Waals surface area contributed by atoms with Gasteiger partial charge in [0.1, 0.15) is 36.3 Å². The van der Waals surface area contributed by atoms with Crippen molar-refractivity contribution in [1.82, 2.24) is 38.7 Å². The molecular weight excluding hydrogens is 741 g/mol. The molecule has 0 saturated heterocycles. The van der Waals surface area contributed by atoms with Gasteiger partial charge in [-0.15, -0.1) is 0 Å². The molecule has 0 saturated carbocycles. The predicted molar refractivity (Wildman–Crippen MR) is 210 cm³/mol. The first-order chi connectivity index (χ1) is 27.6. The topological polar surface area (TPSA) is 124 Å². The van der Waals surface area contributed by atoms with Gasteiger partial charge in [0.05, 0.1) is 24.5 Å². The zero-order valence-corrected chi connectivity index (χ0v) is 31.2. The van der Waals surface area contributed by atoms with Gasteiger partial charge in [-0.1, -0.05) is 36.4 Å². The van der Waals surface area contributed by atoms with Crippen molar-refractivity contribution in [3.8, 4) is 33.8 Å². The van der Waals surface area contributed by atoms with Gasteiger partial charge in [0.2, 0.25) is 0 Å². The lowest BCUT2D eigenvalue weighted by Crippen LogP contribution is -2.13. The maximum atomic E-state index is 12.5. The van der Waals surface area contributed by atoms with Gasteiger partial charge in [0.25, 0.3) is 12.9 Å². The molecular formula is C41H40F4N10O2. The van der Waals surface area contributed by atoms with Crippen molar-refractivity contribution in [1.29, 1.82) is 0 Å². The van der Waals surface area contributed by atoms with E-state index in [1.165, 1.54) is 0 Å². The Morgan fingerprint density at radius 2 is 1.16 bits per heavy atom. The van der Waals surface area contributed by atoms with Crippen molar-refractivity contribution in [2.75, 3.05) is 23.8 Å². The third-order valence-electron chi connectivity index (χ3n) is 9.02. The van der Waals surface area contributed by atoms with E-state index in [4.69, 9.17) is 14.5 Å². The first-order valence-corrected chi connectivity index (χ1v) is 18.1. The predicted octanol–water partition coefficient (Wildman–Crippen LogP) is 9.09. The molecule has 2 atom stereocenters. The molecule has 0 fully saturated rings.